The Morgan fingerprint density at radius 1 is 1.37 bits per heavy atom. The zero-order valence-electron chi connectivity index (χ0n) is 11.3. The molecule has 1 atom stereocenters. The molecule has 2 aromatic rings. The normalized spacial score (nSPS) is 12.7. The van der Waals surface area contributed by atoms with Gasteiger partial charge in [-0.15, -0.1) is 0 Å². The van der Waals surface area contributed by atoms with Crippen LogP contribution in [0.3, 0.4) is 0 Å². The molecule has 0 aromatic carbocycles. The molecule has 0 aliphatic rings. The summed E-state index contributed by atoms with van der Waals surface area (Å²) in [4.78, 5) is 16.1. The summed E-state index contributed by atoms with van der Waals surface area (Å²) in [6.07, 6.45) is 4.45. The van der Waals surface area contributed by atoms with Crippen molar-refractivity contribution in [3.63, 3.8) is 0 Å². The van der Waals surface area contributed by atoms with Crippen LogP contribution in [-0.2, 0) is 0 Å². The monoisotopic (exact) mass is 279 g/mol. The second-order valence-electron chi connectivity index (χ2n) is 4.67. The van der Waals surface area contributed by atoms with Gasteiger partial charge in [-0.2, -0.15) is 0 Å². The molecule has 2 aromatic heterocycles. The van der Waals surface area contributed by atoms with Gasteiger partial charge in [-0.05, 0) is 6.42 Å². The highest BCUT2D eigenvalue weighted by atomic mass is 35.5. The molecule has 5 nitrogen and oxygen atoms in total. The SMILES string of the molecule is CCC(Nc1cc(Cl)nc(C(C)C)n1)c1ncc[nH]1. The van der Waals surface area contributed by atoms with Gasteiger partial charge < -0.3 is 10.3 Å². The molecule has 0 bridgehead atoms. The number of aromatic nitrogens is 4. The Hall–Kier alpha value is -1.62. The van der Waals surface area contributed by atoms with E-state index in [1.807, 2.05) is 20.0 Å². The minimum absolute atomic E-state index is 0.0842. The average Bonchev–Trinajstić information content (AvgIpc) is 2.89. The summed E-state index contributed by atoms with van der Waals surface area (Å²) in [5.41, 5.74) is 0. The van der Waals surface area contributed by atoms with Crippen LogP contribution in [-0.4, -0.2) is 19.9 Å². The molecule has 0 amide bonds. The second-order valence-corrected chi connectivity index (χ2v) is 5.06. The molecule has 2 N–H and O–H groups in total. The first kappa shape index (κ1) is 13.8. The minimum atomic E-state index is 0.0842. The highest BCUT2D eigenvalue weighted by Gasteiger charge is 2.14. The molecule has 2 rings (SSSR count). The largest absolute Gasteiger partial charge is 0.360 e. The summed E-state index contributed by atoms with van der Waals surface area (Å²) in [5.74, 6) is 2.60. The summed E-state index contributed by atoms with van der Waals surface area (Å²) in [7, 11) is 0. The number of hydrogen-bond donors (Lipinski definition) is 2. The van der Waals surface area contributed by atoms with E-state index in [9.17, 15) is 0 Å². The molecule has 6 heteroatoms. The van der Waals surface area contributed by atoms with Crippen LogP contribution in [0.15, 0.2) is 18.5 Å². The zero-order chi connectivity index (χ0) is 13.8. The van der Waals surface area contributed by atoms with E-state index in [1.54, 1.807) is 12.3 Å². The van der Waals surface area contributed by atoms with Gasteiger partial charge in [0.15, 0.2) is 0 Å². The number of nitrogens with zero attached hydrogens (tertiary/aromatic N) is 3. The van der Waals surface area contributed by atoms with Gasteiger partial charge >= 0.3 is 0 Å². The first-order valence-electron chi connectivity index (χ1n) is 6.40. The maximum Gasteiger partial charge on any atom is 0.135 e. The van der Waals surface area contributed by atoms with Gasteiger partial charge in [0, 0.05) is 24.4 Å². The van der Waals surface area contributed by atoms with E-state index in [0.29, 0.717) is 5.15 Å². The molecule has 0 spiro atoms. The van der Waals surface area contributed by atoms with E-state index < -0.39 is 0 Å². The smallest absolute Gasteiger partial charge is 0.135 e. The van der Waals surface area contributed by atoms with Crippen LogP contribution in [0.4, 0.5) is 5.82 Å². The lowest BCUT2D eigenvalue weighted by atomic mass is 10.2. The molecule has 0 saturated carbocycles. The number of nitrogens with one attached hydrogen (secondary N) is 2. The van der Waals surface area contributed by atoms with Gasteiger partial charge in [0.25, 0.3) is 0 Å². The molecule has 2 heterocycles. The molecule has 0 radical (unpaired) electrons. The molecule has 0 fully saturated rings. The summed E-state index contributed by atoms with van der Waals surface area (Å²) < 4.78 is 0. The van der Waals surface area contributed by atoms with E-state index in [0.717, 1.165) is 23.9 Å². The number of aromatic amines is 1. The van der Waals surface area contributed by atoms with Crippen LogP contribution in [0.1, 0.15) is 50.8 Å². The van der Waals surface area contributed by atoms with E-state index in [-0.39, 0.29) is 12.0 Å². The Labute approximate surface area is 117 Å². The van der Waals surface area contributed by atoms with Crippen molar-refractivity contribution in [1.29, 1.82) is 0 Å². The standard InChI is InChI=1S/C13H18ClN5/c1-4-9(13-15-5-6-16-13)17-11-7-10(14)18-12(19-11)8(2)3/h5-9H,4H2,1-3H3,(H,15,16)(H,17,18,19). The maximum absolute atomic E-state index is 6.03. The Kier molecular flexibility index (Phi) is 4.37. The van der Waals surface area contributed by atoms with E-state index in [1.165, 1.54) is 0 Å². The van der Waals surface area contributed by atoms with Crippen LogP contribution in [0.5, 0.6) is 0 Å². The topological polar surface area (TPSA) is 66.5 Å². The van der Waals surface area contributed by atoms with E-state index in [4.69, 9.17) is 11.6 Å². The fourth-order valence-electron chi connectivity index (χ4n) is 1.78. The Balaban J connectivity index is 2.22. The highest BCUT2D eigenvalue weighted by molar-refractivity contribution is 6.29. The number of hydrogen-bond acceptors (Lipinski definition) is 4. The lowest BCUT2D eigenvalue weighted by Gasteiger charge is -2.16. The first-order chi connectivity index (χ1) is 9.10. The van der Waals surface area contributed by atoms with Gasteiger partial charge in [-0.25, -0.2) is 15.0 Å². The zero-order valence-corrected chi connectivity index (χ0v) is 12.1. The van der Waals surface area contributed by atoms with Gasteiger partial charge in [-0.3, -0.25) is 0 Å². The lowest BCUT2D eigenvalue weighted by Crippen LogP contribution is -2.13. The van der Waals surface area contributed by atoms with Crippen molar-refractivity contribution in [3.8, 4) is 0 Å². The predicted octanol–water partition coefficient (Wildman–Crippen LogP) is 3.54. The third kappa shape index (κ3) is 3.44. The molecule has 1 unspecified atom stereocenters. The number of H-pyrrole nitrogens is 1. The molecule has 0 aliphatic carbocycles. The molecular formula is C13H18ClN5. The molecule has 0 aliphatic heterocycles. The number of halogens is 1. The third-order valence-electron chi connectivity index (χ3n) is 2.81. The molecular weight excluding hydrogens is 262 g/mol. The third-order valence-corrected chi connectivity index (χ3v) is 3.00. The molecule has 0 saturated heterocycles. The van der Waals surface area contributed by atoms with Crippen molar-refractivity contribution in [2.75, 3.05) is 5.32 Å². The first-order valence-corrected chi connectivity index (χ1v) is 6.78. The fourth-order valence-corrected chi connectivity index (χ4v) is 1.97. The van der Waals surface area contributed by atoms with Crippen molar-refractivity contribution < 1.29 is 0 Å². The Morgan fingerprint density at radius 3 is 2.74 bits per heavy atom. The average molecular weight is 280 g/mol. The minimum Gasteiger partial charge on any atom is -0.360 e. The van der Waals surface area contributed by atoms with Gasteiger partial charge in [0.05, 0.1) is 6.04 Å². The van der Waals surface area contributed by atoms with Gasteiger partial charge in [-0.1, -0.05) is 32.4 Å². The van der Waals surface area contributed by atoms with Crippen LogP contribution >= 0.6 is 11.6 Å². The van der Waals surface area contributed by atoms with Crippen LogP contribution < -0.4 is 5.32 Å². The summed E-state index contributed by atoms with van der Waals surface area (Å²) in [6.45, 7) is 6.17. The Bertz CT molecular complexity index is 524. The maximum atomic E-state index is 6.03. The molecule has 19 heavy (non-hydrogen) atoms. The number of anilines is 1. The lowest BCUT2D eigenvalue weighted by molar-refractivity contribution is 0.694. The van der Waals surface area contributed by atoms with Crippen molar-refractivity contribution in [1.82, 2.24) is 19.9 Å². The van der Waals surface area contributed by atoms with Crippen molar-refractivity contribution in [2.24, 2.45) is 0 Å². The second kappa shape index (κ2) is 6.02. The summed E-state index contributed by atoms with van der Waals surface area (Å²) in [5, 5.41) is 3.79. The number of imidazole rings is 1. The Morgan fingerprint density at radius 2 is 2.16 bits per heavy atom. The summed E-state index contributed by atoms with van der Waals surface area (Å²) >= 11 is 6.03. The fraction of sp³-hybridized carbons (Fsp3) is 0.462. The number of rotatable bonds is 5. The summed E-state index contributed by atoms with van der Waals surface area (Å²) in [6, 6.07) is 1.82. The van der Waals surface area contributed by atoms with Crippen molar-refractivity contribution >= 4 is 17.4 Å². The van der Waals surface area contributed by atoms with Crippen molar-refractivity contribution in [3.05, 3.63) is 35.3 Å². The van der Waals surface area contributed by atoms with E-state index >= 15 is 0 Å². The van der Waals surface area contributed by atoms with Crippen LogP contribution in [0, 0.1) is 0 Å². The van der Waals surface area contributed by atoms with Crippen LogP contribution in [0.25, 0.3) is 0 Å². The highest BCUT2D eigenvalue weighted by Crippen LogP contribution is 2.22. The van der Waals surface area contributed by atoms with Gasteiger partial charge in [0.1, 0.15) is 22.6 Å². The van der Waals surface area contributed by atoms with Gasteiger partial charge in [0.2, 0.25) is 0 Å². The van der Waals surface area contributed by atoms with Crippen LogP contribution in [0.2, 0.25) is 5.15 Å². The van der Waals surface area contributed by atoms with Crippen molar-refractivity contribution in [2.45, 2.75) is 39.2 Å². The quantitative estimate of drug-likeness (QED) is 0.822. The van der Waals surface area contributed by atoms with E-state index in [2.05, 4.69) is 32.2 Å². The molecule has 102 valence electrons. The predicted molar refractivity (Wildman–Crippen MR) is 76.4 cm³/mol.